The fraction of sp³-hybridized carbons (Fsp3) is 0.400. The van der Waals surface area contributed by atoms with Crippen LogP contribution < -0.4 is 5.73 Å². The molecule has 0 radical (unpaired) electrons. The summed E-state index contributed by atoms with van der Waals surface area (Å²) in [5.41, 5.74) is 7.50. The molecule has 0 amide bonds. The minimum Gasteiger partial charge on any atom is -0.389 e. The first-order chi connectivity index (χ1) is 17.3. The molecule has 1 saturated heterocycles. The van der Waals surface area contributed by atoms with E-state index >= 15 is 0 Å². The van der Waals surface area contributed by atoms with Gasteiger partial charge >= 0.3 is 0 Å². The van der Waals surface area contributed by atoms with E-state index in [4.69, 9.17) is 19.9 Å². The molecule has 0 spiro atoms. The number of aryl methyl sites for hydroxylation is 2. The van der Waals surface area contributed by atoms with Crippen molar-refractivity contribution >= 4 is 21.6 Å². The molecule has 11 heteroatoms. The molecular weight excluding hydrogens is 485 g/mol. The number of halogens is 1. The van der Waals surface area contributed by atoms with Gasteiger partial charge in [-0.3, -0.25) is 0 Å². The zero-order chi connectivity index (χ0) is 25.4. The summed E-state index contributed by atoms with van der Waals surface area (Å²) in [6.45, 7) is 5.60. The average molecular weight is 514 g/mol. The van der Waals surface area contributed by atoms with E-state index in [1.165, 1.54) is 22.1 Å². The van der Waals surface area contributed by atoms with Crippen LogP contribution in [0.3, 0.4) is 0 Å². The fourth-order valence-electron chi connectivity index (χ4n) is 4.22. The Morgan fingerprint density at radius 2 is 2.03 bits per heavy atom. The Morgan fingerprint density at radius 3 is 2.75 bits per heavy atom. The zero-order valence-electron chi connectivity index (χ0n) is 20.2. The highest BCUT2D eigenvalue weighted by molar-refractivity contribution is 7.18. The molecule has 9 nitrogen and oxygen atoms in total. The van der Waals surface area contributed by atoms with Crippen molar-refractivity contribution in [2.75, 3.05) is 13.2 Å². The average Bonchev–Trinajstić information content (AvgIpc) is 3.45. The van der Waals surface area contributed by atoms with Crippen molar-refractivity contribution in [3.05, 3.63) is 70.5 Å². The van der Waals surface area contributed by atoms with Gasteiger partial charge in [0.15, 0.2) is 17.9 Å². The van der Waals surface area contributed by atoms with Gasteiger partial charge in [-0.05, 0) is 26.8 Å². The van der Waals surface area contributed by atoms with Gasteiger partial charge in [0, 0.05) is 18.2 Å². The van der Waals surface area contributed by atoms with Crippen molar-refractivity contribution in [3.63, 3.8) is 0 Å². The van der Waals surface area contributed by atoms with Crippen molar-refractivity contribution in [2.24, 2.45) is 5.73 Å². The highest BCUT2D eigenvalue weighted by atomic mass is 32.1. The standard InChI is InChI=1S/C25H28FN5O4S/c1-13-20(12-33-25(34-13)16-7-5-4-6-8-16)35-23(19(32)11-27)24-28-14(2)30-31(24)17-9-18(26)22-21(10-17)36-15(3)29-22/h4-10,13,19-20,23,25,32H,11-12,27H2,1-3H3. The number of ether oxygens (including phenoxy) is 3. The predicted molar refractivity (Wildman–Crippen MR) is 132 cm³/mol. The lowest BCUT2D eigenvalue weighted by molar-refractivity contribution is -0.274. The first-order valence-electron chi connectivity index (χ1n) is 11.7. The van der Waals surface area contributed by atoms with Crippen molar-refractivity contribution in [1.82, 2.24) is 19.7 Å². The van der Waals surface area contributed by atoms with Gasteiger partial charge in [-0.15, -0.1) is 11.3 Å². The normalized spacial score (nSPS) is 22.1. The van der Waals surface area contributed by atoms with Crippen molar-refractivity contribution in [1.29, 1.82) is 0 Å². The van der Waals surface area contributed by atoms with Crippen LogP contribution in [0.25, 0.3) is 15.9 Å². The third kappa shape index (κ3) is 4.90. The van der Waals surface area contributed by atoms with E-state index in [0.29, 0.717) is 27.6 Å². The molecule has 3 N–H and O–H groups in total. The molecule has 1 aliphatic rings. The Hall–Kier alpha value is -2.80. The van der Waals surface area contributed by atoms with Gasteiger partial charge in [-0.1, -0.05) is 30.3 Å². The summed E-state index contributed by atoms with van der Waals surface area (Å²) >= 11 is 1.39. The van der Waals surface area contributed by atoms with Gasteiger partial charge in [0.25, 0.3) is 0 Å². The molecule has 0 saturated carbocycles. The Kier molecular flexibility index (Phi) is 7.11. The van der Waals surface area contributed by atoms with Crippen LogP contribution in [0.1, 0.15) is 41.5 Å². The van der Waals surface area contributed by atoms with E-state index in [1.807, 2.05) is 44.2 Å². The number of benzene rings is 2. The van der Waals surface area contributed by atoms with E-state index in [2.05, 4.69) is 15.1 Å². The molecule has 0 bridgehead atoms. The number of aromatic nitrogens is 4. The van der Waals surface area contributed by atoms with E-state index in [1.54, 1.807) is 13.0 Å². The second kappa shape index (κ2) is 10.3. The summed E-state index contributed by atoms with van der Waals surface area (Å²) in [5, 5.41) is 16.1. The summed E-state index contributed by atoms with van der Waals surface area (Å²) in [5.74, 6) is 0.289. The molecule has 0 aliphatic carbocycles. The number of fused-ring (bicyclic) bond motifs is 1. The van der Waals surface area contributed by atoms with Gasteiger partial charge in [-0.25, -0.2) is 19.0 Å². The highest BCUT2D eigenvalue weighted by Gasteiger charge is 2.36. The smallest absolute Gasteiger partial charge is 0.184 e. The highest BCUT2D eigenvalue weighted by Crippen LogP contribution is 2.33. The lowest BCUT2D eigenvalue weighted by Crippen LogP contribution is -2.44. The van der Waals surface area contributed by atoms with Gasteiger partial charge in [0.05, 0.1) is 34.2 Å². The first kappa shape index (κ1) is 24.9. The fourth-order valence-corrected chi connectivity index (χ4v) is 5.10. The molecule has 3 heterocycles. The molecule has 5 atom stereocenters. The van der Waals surface area contributed by atoms with Gasteiger partial charge in [-0.2, -0.15) is 5.10 Å². The number of thiazole rings is 1. The maximum atomic E-state index is 14.9. The second-order valence-corrected chi connectivity index (χ2v) is 9.99. The van der Waals surface area contributed by atoms with Crippen molar-refractivity contribution < 1.29 is 23.7 Å². The largest absolute Gasteiger partial charge is 0.389 e. The van der Waals surface area contributed by atoms with E-state index in [9.17, 15) is 9.50 Å². The number of aliphatic hydroxyl groups excluding tert-OH is 1. The number of nitrogens with zero attached hydrogens (tertiary/aromatic N) is 4. The topological polar surface area (TPSA) is 118 Å². The lowest BCUT2D eigenvalue weighted by Gasteiger charge is -2.37. The third-order valence-electron chi connectivity index (χ3n) is 6.04. The Labute approximate surface area is 211 Å². The van der Waals surface area contributed by atoms with Crippen LogP contribution in [0.4, 0.5) is 4.39 Å². The van der Waals surface area contributed by atoms with Crippen molar-refractivity contribution in [2.45, 2.75) is 51.5 Å². The number of aliphatic hydroxyl groups is 1. The molecule has 1 fully saturated rings. The molecule has 4 aromatic rings. The van der Waals surface area contributed by atoms with Gasteiger partial charge < -0.3 is 25.1 Å². The van der Waals surface area contributed by atoms with Gasteiger partial charge in [0.2, 0.25) is 0 Å². The van der Waals surface area contributed by atoms with Gasteiger partial charge in [0.1, 0.15) is 23.5 Å². The van der Waals surface area contributed by atoms with Crippen LogP contribution in [0.5, 0.6) is 0 Å². The first-order valence-corrected chi connectivity index (χ1v) is 12.5. The van der Waals surface area contributed by atoms with Crippen LogP contribution >= 0.6 is 11.3 Å². The third-order valence-corrected chi connectivity index (χ3v) is 6.95. The summed E-state index contributed by atoms with van der Waals surface area (Å²) in [6, 6.07) is 12.8. The van der Waals surface area contributed by atoms with E-state index in [0.717, 1.165) is 10.6 Å². The Morgan fingerprint density at radius 1 is 1.25 bits per heavy atom. The summed E-state index contributed by atoms with van der Waals surface area (Å²) in [7, 11) is 0. The lowest BCUT2D eigenvalue weighted by atomic mass is 10.1. The molecule has 2 aromatic carbocycles. The maximum Gasteiger partial charge on any atom is 0.184 e. The van der Waals surface area contributed by atoms with E-state index < -0.39 is 30.4 Å². The molecule has 36 heavy (non-hydrogen) atoms. The minimum atomic E-state index is -1.09. The maximum absolute atomic E-state index is 14.9. The quantitative estimate of drug-likeness (QED) is 0.386. The molecule has 5 rings (SSSR count). The monoisotopic (exact) mass is 513 g/mol. The Balaban J connectivity index is 1.44. The Bertz CT molecular complexity index is 1350. The number of rotatable bonds is 7. The SMILES string of the molecule is Cc1nc(C(OC2COC(c3ccccc3)OC2C)C(O)CN)n(-c2cc(F)c3nc(C)sc3c2)n1. The zero-order valence-corrected chi connectivity index (χ0v) is 21.0. The van der Waals surface area contributed by atoms with Crippen LogP contribution in [0.2, 0.25) is 0 Å². The summed E-state index contributed by atoms with van der Waals surface area (Å²) < 4.78 is 35.3. The molecule has 1 aliphatic heterocycles. The van der Waals surface area contributed by atoms with Crippen molar-refractivity contribution in [3.8, 4) is 5.69 Å². The van der Waals surface area contributed by atoms with Crippen LogP contribution in [-0.2, 0) is 14.2 Å². The summed E-state index contributed by atoms with van der Waals surface area (Å²) in [4.78, 5) is 8.77. The number of nitrogens with two attached hydrogens (primary N) is 1. The van der Waals surface area contributed by atoms with Crippen LogP contribution in [0.15, 0.2) is 42.5 Å². The molecule has 2 aromatic heterocycles. The van der Waals surface area contributed by atoms with Crippen LogP contribution in [-0.4, -0.2) is 56.3 Å². The van der Waals surface area contributed by atoms with E-state index in [-0.39, 0.29) is 19.3 Å². The number of hydrogen-bond acceptors (Lipinski definition) is 9. The van der Waals surface area contributed by atoms with Crippen LogP contribution in [0, 0.1) is 19.7 Å². The minimum absolute atomic E-state index is 0.0759. The number of hydrogen-bond donors (Lipinski definition) is 2. The molecule has 5 unspecified atom stereocenters. The molecule has 190 valence electrons. The summed E-state index contributed by atoms with van der Waals surface area (Å²) in [6.07, 6.45) is -3.41. The molecular formula is C25H28FN5O4S. The predicted octanol–water partition coefficient (Wildman–Crippen LogP) is 3.51. The second-order valence-electron chi connectivity index (χ2n) is 8.75.